The van der Waals surface area contributed by atoms with Crippen LogP contribution in [0.1, 0.15) is 116 Å². The number of urea groups is 2. The molecule has 0 aromatic rings. The number of rotatable bonds is 28. The third kappa shape index (κ3) is 32.1. The molecule has 258 valence electrons. The number of hydrogen-bond donors (Lipinski definition) is 5. The first-order valence-electron chi connectivity index (χ1n) is 16.0. The quantitative estimate of drug-likeness (QED) is 0.0194. The van der Waals surface area contributed by atoms with E-state index in [1.54, 1.807) is 0 Å². The summed E-state index contributed by atoms with van der Waals surface area (Å²) >= 11 is 0. The summed E-state index contributed by atoms with van der Waals surface area (Å²) < 4.78 is 38.1. The minimum Gasteiger partial charge on any atom is -0.862 e. The summed E-state index contributed by atoms with van der Waals surface area (Å²) in [7, 11) is -3.25. The van der Waals surface area contributed by atoms with E-state index in [1.165, 1.54) is 52.1 Å². The molecule has 0 aromatic carbocycles. The van der Waals surface area contributed by atoms with Gasteiger partial charge in [0, 0.05) is 26.2 Å². The van der Waals surface area contributed by atoms with Gasteiger partial charge < -0.3 is 36.1 Å². The topological polar surface area (TPSA) is 208 Å². The Morgan fingerprint density at radius 3 is 1.89 bits per heavy atom. The minimum absolute atomic E-state index is 0. The van der Waals surface area contributed by atoms with Gasteiger partial charge in [-0.1, -0.05) is 71.1 Å². The molecule has 45 heavy (non-hydrogen) atoms. The Labute approximate surface area is 292 Å². The van der Waals surface area contributed by atoms with E-state index in [4.69, 9.17) is 9.29 Å². The van der Waals surface area contributed by atoms with Gasteiger partial charge in [-0.2, -0.15) is 8.42 Å². The molecule has 0 saturated heterocycles. The van der Waals surface area contributed by atoms with E-state index in [1.807, 2.05) is 0 Å². The van der Waals surface area contributed by atoms with Crippen LogP contribution in [0.3, 0.4) is 0 Å². The zero-order chi connectivity index (χ0) is 32.9. The molecule has 0 unspecified atom stereocenters. The molecule has 0 fully saturated rings. The molecular formula is C29H56N5NaO9S. The van der Waals surface area contributed by atoms with Crippen LogP contribution < -0.4 is 55.9 Å². The van der Waals surface area contributed by atoms with Crippen molar-refractivity contribution in [1.82, 2.24) is 21.3 Å². The first-order chi connectivity index (χ1) is 21.1. The van der Waals surface area contributed by atoms with Crippen LogP contribution in [-0.2, 0) is 24.1 Å². The number of nitrogens with one attached hydrogen (secondary N) is 4. The molecular weight excluding hydrogens is 617 g/mol. The molecule has 0 aliphatic heterocycles. The van der Waals surface area contributed by atoms with Crippen molar-refractivity contribution in [1.29, 1.82) is 0 Å². The summed E-state index contributed by atoms with van der Waals surface area (Å²) in [4.78, 5) is 40.0. The number of methoxy groups -OCH3 is 1. The zero-order valence-corrected chi connectivity index (χ0v) is 30.5. The Kier molecular flexibility index (Phi) is 31.3. The summed E-state index contributed by atoms with van der Waals surface area (Å²) in [5, 5.41) is 22.4. The fourth-order valence-electron chi connectivity index (χ4n) is 4.31. The van der Waals surface area contributed by atoms with Gasteiger partial charge in [0.05, 0.1) is 13.7 Å². The third-order valence-corrected chi connectivity index (χ3v) is 7.23. The van der Waals surface area contributed by atoms with Crippen LogP contribution >= 0.6 is 0 Å². The van der Waals surface area contributed by atoms with Crippen LogP contribution in [0, 0.1) is 0 Å². The fraction of sp³-hybridized carbons (Fsp3) is 0.862. The maximum absolute atomic E-state index is 12.2. The van der Waals surface area contributed by atoms with Crippen molar-refractivity contribution in [2.45, 2.75) is 122 Å². The molecule has 0 radical (unpaired) electrons. The van der Waals surface area contributed by atoms with E-state index in [2.05, 4.69) is 37.4 Å². The molecule has 0 aliphatic rings. The second kappa shape index (κ2) is 31.0. The number of hydrogen-bond acceptors (Lipinski definition) is 9. The minimum atomic E-state index is -4.52. The van der Waals surface area contributed by atoms with Crippen LogP contribution in [0.25, 0.3) is 0 Å². The molecule has 0 aliphatic carbocycles. The molecule has 0 saturated carbocycles. The van der Waals surface area contributed by atoms with Gasteiger partial charge in [0.2, 0.25) is 0 Å². The van der Waals surface area contributed by atoms with Crippen LogP contribution in [0.4, 0.5) is 9.59 Å². The fourth-order valence-corrected chi connectivity index (χ4v) is 4.61. The number of amides is 4. The molecule has 0 aromatic heterocycles. The summed E-state index contributed by atoms with van der Waals surface area (Å²) in [5.41, 5.74) is 0. The maximum Gasteiger partial charge on any atom is 1.00 e. The predicted octanol–water partition coefficient (Wildman–Crippen LogP) is 0.360. The van der Waals surface area contributed by atoms with Gasteiger partial charge in [-0.15, -0.1) is 0 Å². The molecule has 0 rings (SSSR count). The molecule has 4 amide bonds. The number of carbonyl (C=O) groups excluding carboxylic acids is 3. The average molecular weight is 674 g/mol. The van der Waals surface area contributed by atoms with E-state index in [0.717, 1.165) is 25.7 Å². The van der Waals surface area contributed by atoms with E-state index < -0.39 is 34.5 Å². The van der Waals surface area contributed by atoms with Gasteiger partial charge in [0.1, 0.15) is 6.04 Å². The van der Waals surface area contributed by atoms with Gasteiger partial charge in [0.25, 0.3) is 0 Å². The van der Waals surface area contributed by atoms with Gasteiger partial charge in [-0.05, 0) is 50.8 Å². The molecule has 14 nitrogen and oxygen atoms in total. The number of nitrogens with zero attached hydrogens (tertiary/aromatic N) is 1. The summed E-state index contributed by atoms with van der Waals surface area (Å²) in [6, 6.07) is -1.72. The molecule has 0 spiro atoms. The molecule has 1 atom stereocenters. The summed E-state index contributed by atoms with van der Waals surface area (Å²) in [6.07, 6.45) is 16.0. The predicted molar refractivity (Wildman–Crippen MR) is 168 cm³/mol. The van der Waals surface area contributed by atoms with E-state index in [9.17, 15) is 27.9 Å². The Balaban J connectivity index is 0. The van der Waals surface area contributed by atoms with Crippen molar-refractivity contribution in [2.24, 2.45) is 4.99 Å². The van der Waals surface area contributed by atoms with E-state index >= 15 is 0 Å². The molecule has 0 bridgehead atoms. The second-order valence-electron chi connectivity index (χ2n) is 10.7. The van der Waals surface area contributed by atoms with Crippen molar-refractivity contribution in [3.05, 3.63) is 0 Å². The van der Waals surface area contributed by atoms with Crippen LogP contribution in [0.2, 0.25) is 0 Å². The van der Waals surface area contributed by atoms with Crippen molar-refractivity contribution >= 4 is 34.3 Å². The maximum atomic E-state index is 12.2. The van der Waals surface area contributed by atoms with Crippen LogP contribution in [0.5, 0.6) is 0 Å². The molecule has 0 heterocycles. The van der Waals surface area contributed by atoms with Crippen molar-refractivity contribution in [3.8, 4) is 0 Å². The number of unbranched alkanes of at least 4 members (excludes halogenated alkanes) is 12. The van der Waals surface area contributed by atoms with Crippen molar-refractivity contribution in [2.75, 3.05) is 39.9 Å². The van der Waals surface area contributed by atoms with Crippen molar-refractivity contribution in [3.63, 3.8) is 0 Å². The SMILES string of the molecule is CCCCCCCCCCCC([O-])=NCCCC[C@H](NC(=O)NCCCCCCNC(=O)NCCOS(=O)(=O)O)C(=O)OC.[Na+]. The monoisotopic (exact) mass is 673 g/mol. The number of aliphatic imine (C=N–C) groups is 1. The third-order valence-electron chi connectivity index (χ3n) is 6.77. The average Bonchev–Trinajstić information content (AvgIpc) is 2.98. The number of esters is 1. The normalized spacial score (nSPS) is 12.1. The number of ether oxygens (including phenoxy) is 1. The Morgan fingerprint density at radius 1 is 0.778 bits per heavy atom. The zero-order valence-electron chi connectivity index (χ0n) is 27.7. The molecule has 5 N–H and O–H groups in total. The summed E-state index contributed by atoms with van der Waals surface area (Å²) in [6.45, 7) is 3.01. The first-order valence-corrected chi connectivity index (χ1v) is 17.4. The second-order valence-corrected chi connectivity index (χ2v) is 11.8. The Hall–Kier alpha value is -1.65. The van der Waals surface area contributed by atoms with Gasteiger partial charge >= 0.3 is 58.0 Å². The smallest absolute Gasteiger partial charge is 0.862 e. The van der Waals surface area contributed by atoms with Gasteiger partial charge in [-0.3, -0.25) is 4.55 Å². The van der Waals surface area contributed by atoms with Crippen molar-refractivity contribution < 1.29 is 70.9 Å². The Morgan fingerprint density at radius 2 is 1.31 bits per heavy atom. The van der Waals surface area contributed by atoms with Gasteiger partial charge in [-0.25, -0.2) is 18.6 Å². The van der Waals surface area contributed by atoms with Gasteiger partial charge in [0.15, 0.2) is 0 Å². The first kappa shape index (κ1) is 45.5. The van der Waals surface area contributed by atoms with Crippen LogP contribution in [0.15, 0.2) is 4.99 Å². The van der Waals surface area contributed by atoms with E-state index in [-0.39, 0.29) is 48.6 Å². The van der Waals surface area contributed by atoms with E-state index in [0.29, 0.717) is 58.2 Å². The standard InChI is InChI=1S/C29H57N5O9S.Na/c1-3-4-5-6-7-8-9-10-13-19-26(35)30-20-17-14-18-25(27(36)42-2)34-29(38)32-22-16-12-11-15-21-31-28(37)33-23-24-43-44(39,40)41;/h25H,3-24H2,1-2H3,(H,30,35)(H2,31,33,37)(H2,32,34,38)(H,39,40,41);/q;+1/p-1/t25-;/m0./s1. The number of carbonyl (C=O) groups is 3. The van der Waals surface area contributed by atoms with Crippen LogP contribution in [-0.4, -0.2) is 82.8 Å². The molecule has 16 heteroatoms. The summed E-state index contributed by atoms with van der Waals surface area (Å²) in [5.74, 6) is -0.597. The Bertz CT molecular complexity index is 911. The largest absolute Gasteiger partial charge is 1.00 e.